The molecule has 116 valence electrons. The molecule has 2 aromatic heterocycles. The third kappa shape index (κ3) is 2.45. The first-order valence-corrected chi connectivity index (χ1v) is 7.69. The van der Waals surface area contributed by atoms with E-state index in [4.69, 9.17) is 11.6 Å². The van der Waals surface area contributed by atoms with E-state index in [9.17, 15) is 4.79 Å². The molecule has 0 saturated carbocycles. The van der Waals surface area contributed by atoms with Crippen LogP contribution in [-0.2, 0) is 0 Å². The van der Waals surface area contributed by atoms with Crippen LogP contribution in [0.25, 0.3) is 27.8 Å². The Labute approximate surface area is 142 Å². The average molecular weight is 335 g/mol. The summed E-state index contributed by atoms with van der Waals surface area (Å²) in [6.07, 6.45) is 0. The predicted octanol–water partition coefficient (Wildman–Crippen LogP) is 3.50. The molecule has 0 fully saturated rings. The van der Waals surface area contributed by atoms with Crippen molar-refractivity contribution in [3.63, 3.8) is 0 Å². The summed E-state index contributed by atoms with van der Waals surface area (Å²) < 4.78 is 1.26. The van der Waals surface area contributed by atoms with E-state index in [2.05, 4.69) is 15.3 Å². The SMILES string of the molecule is O=c1c2ccccc2c(-c2ccccc2)nn1-c1ccc(Cl)nn1. The maximum atomic E-state index is 12.8. The number of aromatic nitrogens is 4. The summed E-state index contributed by atoms with van der Waals surface area (Å²) in [5.41, 5.74) is 1.38. The lowest BCUT2D eigenvalue weighted by Gasteiger charge is -2.10. The minimum Gasteiger partial charge on any atom is -0.267 e. The number of rotatable bonds is 2. The topological polar surface area (TPSA) is 60.7 Å². The fourth-order valence-electron chi connectivity index (χ4n) is 2.58. The molecule has 0 bridgehead atoms. The minimum absolute atomic E-state index is 0.248. The van der Waals surface area contributed by atoms with Crippen LogP contribution in [-0.4, -0.2) is 20.0 Å². The van der Waals surface area contributed by atoms with Gasteiger partial charge in [0, 0.05) is 10.9 Å². The van der Waals surface area contributed by atoms with Gasteiger partial charge >= 0.3 is 0 Å². The van der Waals surface area contributed by atoms with Crippen LogP contribution in [0, 0.1) is 0 Å². The Morgan fingerprint density at radius 2 is 1.50 bits per heavy atom. The van der Waals surface area contributed by atoms with E-state index in [0.717, 1.165) is 10.9 Å². The number of halogens is 1. The lowest BCUT2D eigenvalue weighted by atomic mass is 10.1. The third-order valence-corrected chi connectivity index (χ3v) is 3.89. The van der Waals surface area contributed by atoms with Crippen LogP contribution >= 0.6 is 11.6 Å². The van der Waals surface area contributed by atoms with Crippen molar-refractivity contribution in [1.82, 2.24) is 20.0 Å². The summed E-state index contributed by atoms with van der Waals surface area (Å²) in [5, 5.41) is 13.9. The zero-order valence-corrected chi connectivity index (χ0v) is 13.2. The van der Waals surface area contributed by atoms with Gasteiger partial charge in [0.25, 0.3) is 5.56 Å². The minimum atomic E-state index is -0.248. The molecule has 0 atom stereocenters. The summed E-state index contributed by atoms with van der Waals surface area (Å²) in [4.78, 5) is 12.8. The molecule has 24 heavy (non-hydrogen) atoms. The Kier molecular flexibility index (Phi) is 3.55. The van der Waals surface area contributed by atoms with Crippen LogP contribution in [0.1, 0.15) is 0 Å². The number of hydrogen-bond donors (Lipinski definition) is 0. The maximum absolute atomic E-state index is 12.8. The van der Waals surface area contributed by atoms with Gasteiger partial charge in [-0.3, -0.25) is 4.79 Å². The molecule has 0 saturated heterocycles. The molecule has 5 nitrogen and oxygen atoms in total. The Morgan fingerprint density at radius 1 is 0.792 bits per heavy atom. The van der Waals surface area contributed by atoms with Gasteiger partial charge in [0.1, 0.15) is 0 Å². The molecule has 0 N–H and O–H groups in total. The van der Waals surface area contributed by atoms with Crippen molar-refractivity contribution >= 4 is 22.4 Å². The van der Waals surface area contributed by atoms with Crippen molar-refractivity contribution < 1.29 is 0 Å². The largest absolute Gasteiger partial charge is 0.280 e. The maximum Gasteiger partial charge on any atom is 0.280 e. The van der Waals surface area contributed by atoms with Gasteiger partial charge in [0.15, 0.2) is 11.0 Å². The Balaban J connectivity index is 2.07. The van der Waals surface area contributed by atoms with E-state index in [1.165, 1.54) is 4.68 Å². The van der Waals surface area contributed by atoms with E-state index in [-0.39, 0.29) is 10.7 Å². The monoisotopic (exact) mass is 334 g/mol. The molecule has 0 aliphatic carbocycles. The Hall–Kier alpha value is -3.05. The van der Waals surface area contributed by atoms with Crippen molar-refractivity contribution in [3.05, 3.63) is 82.2 Å². The molecule has 0 amide bonds. The lowest BCUT2D eigenvalue weighted by Crippen LogP contribution is -2.23. The van der Waals surface area contributed by atoms with Gasteiger partial charge in [0.05, 0.1) is 11.1 Å². The van der Waals surface area contributed by atoms with Gasteiger partial charge in [-0.05, 0) is 18.2 Å². The molecule has 4 aromatic rings. The second-order valence-corrected chi connectivity index (χ2v) is 5.58. The lowest BCUT2D eigenvalue weighted by molar-refractivity contribution is 0.775. The van der Waals surface area contributed by atoms with Crippen molar-refractivity contribution in [2.45, 2.75) is 0 Å². The Morgan fingerprint density at radius 3 is 2.21 bits per heavy atom. The summed E-state index contributed by atoms with van der Waals surface area (Å²) in [5.74, 6) is 0.326. The van der Waals surface area contributed by atoms with Crippen molar-refractivity contribution in [2.75, 3.05) is 0 Å². The smallest absolute Gasteiger partial charge is 0.267 e. The fraction of sp³-hybridized carbons (Fsp3) is 0. The normalized spacial score (nSPS) is 10.9. The molecule has 0 aliphatic rings. The van der Waals surface area contributed by atoms with E-state index in [1.807, 2.05) is 48.5 Å². The number of nitrogens with zero attached hydrogens (tertiary/aromatic N) is 4. The van der Waals surface area contributed by atoms with Crippen LogP contribution < -0.4 is 5.56 Å². The quantitative estimate of drug-likeness (QED) is 0.563. The van der Waals surface area contributed by atoms with E-state index < -0.39 is 0 Å². The number of hydrogen-bond acceptors (Lipinski definition) is 4. The average Bonchev–Trinajstić information content (AvgIpc) is 2.64. The zero-order chi connectivity index (χ0) is 16.5. The first-order chi connectivity index (χ1) is 11.7. The molecule has 2 aromatic carbocycles. The highest BCUT2D eigenvalue weighted by Gasteiger charge is 2.13. The second-order valence-electron chi connectivity index (χ2n) is 5.19. The van der Waals surface area contributed by atoms with Crippen molar-refractivity contribution in [2.24, 2.45) is 0 Å². The van der Waals surface area contributed by atoms with Gasteiger partial charge in [-0.15, -0.1) is 10.2 Å². The zero-order valence-electron chi connectivity index (χ0n) is 12.4. The molecular weight excluding hydrogens is 324 g/mol. The van der Waals surface area contributed by atoms with E-state index in [1.54, 1.807) is 18.2 Å². The van der Waals surface area contributed by atoms with Crippen LogP contribution in [0.3, 0.4) is 0 Å². The van der Waals surface area contributed by atoms with Crippen LogP contribution in [0.5, 0.6) is 0 Å². The summed E-state index contributed by atoms with van der Waals surface area (Å²) >= 11 is 5.78. The van der Waals surface area contributed by atoms with E-state index >= 15 is 0 Å². The predicted molar refractivity (Wildman–Crippen MR) is 93.4 cm³/mol. The summed E-state index contributed by atoms with van der Waals surface area (Å²) in [6, 6.07) is 20.3. The van der Waals surface area contributed by atoms with Gasteiger partial charge in [0.2, 0.25) is 0 Å². The molecule has 0 radical (unpaired) electrons. The summed E-state index contributed by atoms with van der Waals surface area (Å²) in [7, 11) is 0. The first kappa shape index (κ1) is 14.5. The summed E-state index contributed by atoms with van der Waals surface area (Å²) in [6.45, 7) is 0. The Bertz CT molecular complexity index is 1080. The van der Waals surface area contributed by atoms with E-state index in [0.29, 0.717) is 16.9 Å². The van der Waals surface area contributed by atoms with Crippen LogP contribution in [0.4, 0.5) is 0 Å². The molecule has 0 spiro atoms. The van der Waals surface area contributed by atoms with Crippen LogP contribution in [0.2, 0.25) is 5.15 Å². The molecule has 0 aliphatic heterocycles. The van der Waals surface area contributed by atoms with Crippen molar-refractivity contribution in [1.29, 1.82) is 0 Å². The van der Waals surface area contributed by atoms with Gasteiger partial charge in [-0.2, -0.15) is 9.78 Å². The third-order valence-electron chi connectivity index (χ3n) is 3.69. The van der Waals surface area contributed by atoms with Gasteiger partial charge < -0.3 is 0 Å². The highest BCUT2D eigenvalue weighted by Crippen LogP contribution is 2.24. The number of benzene rings is 2. The molecule has 6 heteroatoms. The molecule has 4 rings (SSSR count). The molecular formula is C18H11ClN4O. The van der Waals surface area contributed by atoms with Crippen molar-refractivity contribution in [3.8, 4) is 17.1 Å². The standard InChI is InChI=1S/C18H11ClN4O/c19-15-10-11-16(21-20-15)23-18(24)14-9-5-4-8-13(14)17(22-23)12-6-2-1-3-7-12/h1-11H. The van der Waals surface area contributed by atoms with Gasteiger partial charge in [-0.1, -0.05) is 60.1 Å². The number of fused-ring (bicyclic) bond motifs is 1. The highest BCUT2D eigenvalue weighted by molar-refractivity contribution is 6.29. The molecule has 0 unspecified atom stereocenters. The first-order valence-electron chi connectivity index (χ1n) is 7.31. The fourth-order valence-corrected chi connectivity index (χ4v) is 2.68. The van der Waals surface area contributed by atoms with Crippen LogP contribution in [0.15, 0.2) is 71.5 Å². The highest BCUT2D eigenvalue weighted by atomic mass is 35.5. The second kappa shape index (κ2) is 5.86. The van der Waals surface area contributed by atoms with Gasteiger partial charge in [-0.25, -0.2) is 0 Å². The molecule has 2 heterocycles.